The Labute approximate surface area is 74.1 Å². The van der Waals surface area contributed by atoms with Gasteiger partial charge in [-0.15, -0.1) is 0 Å². The van der Waals surface area contributed by atoms with Crippen molar-refractivity contribution in [3.05, 3.63) is 0 Å². The zero-order valence-corrected chi connectivity index (χ0v) is 7.32. The van der Waals surface area contributed by atoms with Crippen molar-refractivity contribution in [3.63, 3.8) is 0 Å². The molecule has 2 aliphatic rings. The molecule has 2 fully saturated rings. The van der Waals surface area contributed by atoms with Gasteiger partial charge in [-0.25, -0.2) is 13.2 Å². The van der Waals surface area contributed by atoms with E-state index in [9.17, 15) is 18.0 Å². The van der Waals surface area contributed by atoms with Crippen LogP contribution in [0.15, 0.2) is 0 Å². The topological polar surface area (TPSA) is 91.7 Å². The van der Waals surface area contributed by atoms with Gasteiger partial charge in [-0.05, 0) is 0 Å². The quantitative estimate of drug-likeness (QED) is 0.522. The molecule has 1 N–H and O–H groups in total. The maximum Gasteiger partial charge on any atom is 0.327 e. The minimum atomic E-state index is -3.39. The third-order valence-electron chi connectivity index (χ3n) is 2.37. The highest BCUT2D eigenvalue weighted by molar-refractivity contribution is 7.92. The number of hydrogen-bond donors (Lipinski definition) is 1. The number of carboxylic acid groups (broad SMARTS) is 1. The van der Waals surface area contributed by atoms with Gasteiger partial charge < -0.3 is 10.0 Å². The summed E-state index contributed by atoms with van der Waals surface area (Å²) in [6.45, 7) is 0. The van der Waals surface area contributed by atoms with Crippen LogP contribution < -0.4 is 0 Å². The van der Waals surface area contributed by atoms with Crippen LogP contribution in [0, 0.1) is 0 Å². The molecule has 2 rings (SSSR count). The number of hydrogen-bond acceptors (Lipinski definition) is 4. The Hall–Kier alpha value is -1.11. The van der Waals surface area contributed by atoms with Gasteiger partial charge in [-0.1, -0.05) is 0 Å². The third kappa shape index (κ3) is 0.963. The van der Waals surface area contributed by atoms with Gasteiger partial charge in [0.15, 0.2) is 9.84 Å². The van der Waals surface area contributed by atoms with Crippen molar-refractivity contribution in [2.75, 3.05) is 5.75 Å². The summed E-state index contributed by atoms with van der Waals surface area (Å²) < 4.78 is 22.5. The molecule has 2 saturated heterocycles. The summed E-state index contributed by atoms with van der Waals surface area (Å²) in [6, 6.07) is -1.17. The van der Waals surface area contributed by atoms with Crippen molar-refractivity contribution in [1.29, 1.82) is 0 Å². The SMILES string of the molecule is O=C(O)[C@H]1CS(=O)(=O)[C@@H]2CC(=O)N12. The van der Waals surface area contributed by atoms with E-state index in [-0.39, 0.29) is 6.42 Å². The van der Waals surface area contributed by atoms with Gasteiger partial charge in [0, 0.05) is 0 Å². The fraction of sp³-hybridized carbons (Fsp3) is 0.667. The molecule has 6 nitrogen and oxygen atoms in total. The van der Waals surface area contributed by atoms with Gasteiger partial charge in [0.2, 0.25) is 5.91 Å². The zero-order chi connectivity index (χ0) is 9.80. The molecule has 13 heavy (non-hydrogen) atoms. The van der Waals surface area contributed by atoms with Crippen molar-refractivity contribution in [2.45, 2.75) is 17.8 Å². The number of carboxylic acids is 1. The average molecular weight is 205 g/mol. The molecule has 0 aromatic heterocycles. The highest BCUT2D eigenvalue weighted by Gasteiger charge is 2.57. The first-order chi connectivity index (χ1) is 5.93. The van der Waals surface area contributed by atoms with Gasteiger partial charge in [0.05, 0.1) is 12.2 Å². The summed E-state index contributed by atoms with van der Waals surface area (Å²) in [4.78, 5) is 22.4. The van der Waals surface area contributed by atoms with Gasteiger partial charge in [0.25, 0.3) is 0 Å². The van der Waals surface area contributed by atoms with Crippen LogP contribution >= 0.6 is 0 Å². The molecule has 0 spiro atoms. The second-order valence-corrected chi connectivity index (χ2v) is 5.35. The van der Waals surface area contributed by atoms with Crippen molar-refractivity contribution in [1.82, 2.24) is 4.90 Å². The maximum atomic E-state index is 11.2. The van der Waals surface area contributed by atoms with E-state index in [4.69, 9.17) is 5.11 Å². The first kappa shape index (κ1) is 8.49. The lowest BCUT2D eigenvalue weighted by atomic mass is 10.1. The summed E-state index contributed by atoms with van der Waals surface area (Å²) in [5.74, 6) is -2.09. The molecule has 0 aromatic carbocycles. The van der Waals surface area contributed by atoms with Crippen LogP contribution in [-0.2, 0) is 19.4 Å². The number of carbonyl (C=O) groups is 2. The fourth-order valence-corrected chi connectivity index (χ4v) is 3.65. The minimum absolute atomic E-state index is 0.0634. The predicted octanol–water partition coefficient (Wildman–Crippen LogP) is -1.57. The molecule has 0 aliphatic carbocycles. The molecule has 0 saturated carbocycles. The lowest BCUT2D eigenvalue weighted by Crippen LogP contribution is -2.55. The van der Waals surface area contributed by atoms with E-state index in [1.54, 1.807) is 0 Å². The van der Waals surface area contributed by atoms with E-state index in [2.05, 4.69) is 0 Å². The Morgan fingerprint density at radius 3 is 2.54 bits per heavy atom. The van der Waals surface area contributed by atoms with Crippen molar-refractivity contribution in [2.24, 2.45) is 0 Å². The van der Waals surface area contributed by atoms with Crippen molar-refractivity contribution in [3.8, 4) is 0 Å². The Bertz CT molecular complexity index is 378. The number of aliphatic carboxylic acids is 1. The number of carbonyl (C=O) groups excluding carboxylic acids is 1. The summed E-state index contributed by atoms with van der Waals surface area (Å²) in [7, 11) is -3.39. The second kappa shape index (κ2) is 2.22. The standard InChI is InChI=1S/C6H7NO5S/c8-4-1-5-7(4)3(6(9)10)2-13(5,11)12/h3,5H,1-2H2,(H,9,10)/t3-,5-/m1/s1. The first-order valence-corrected chi connectivity index (χ1v) is 5.40. The predicted molar refractivity (Wildman–Crippen MR) is 40.5 cm³/mol. The number of rotatable bonds is 1. The normalized spacial score (nSPS) is 35.4. The second-order valence-electron chi connectivity index (χ2n) is 3.14. The van der Waals surface area contributed by atoms with Gasteiger partial charge in [-0.2, -0.15) is 0 Å². The van der Waals surface area contributed by atoms with Gasteiger partial charge in [-0.3, -0.25) is 4.79 Å². The van der Waals surface area contributed by atoms with Crippen LogP contribution in [-0.4, -0.2) is 47.5 Å². The molecular weight excluding hydrogens is 198 g/mol. The molecule has 0 radical (unpaired) electrons. The van der Waals surface area contributed by atoms with E-state index < -0.39 is 38.9 Å². The molecule has 7 heteroatoms. The van der Waals surface area contributed by atoms with Crippen LogP contribution in [0.5, 0.6) is 0 Å². The number of amides is 1. The van der Waals surface area contributed by atoms with Crippen molar-refractivity contribution >= 4 is 21.7 Å². The van der Waals surface area contributed by atoms with E-state index >= 15 is 0 Å². The first-order valence-electron chi connectivity index (χ1n) is 3.69. The molecule has 0 bridgehead atoms. The average Bonchev–Trinajstić information content (AvgIpc) is 2.18. The Kier molecular flexibility index (Phi) is 1.45. The molecule has 2 atom stereocenters. The van der Waals surface area contributed by atoms with Crippen LogP contribution in [0.4, 0.5) is 0 Å². The van der Waals surface area contributed by atoms with Gasteiger partial charge in [0.1, 0.15) is 11.4 Å². The lowest BCUT2D eigenvalue weighted by molar-refractivity contribution is -0.155. The molecule has 0 unspecified atom stereocenters. The summed E-state index contributed by atoms with van der Waals surface area (Å²) in [5.41, 5.74) is 0. The summed E-state index contributed by atoms with van der Waals surface area (Å²) in [6.07, 6.45) is -0.0634. The Balaban J connectivity index is 2.37. The molecule has 2 aliphatic heterocycles. The molecule has 2 heterocycles. The maximum absolute atomic E-state index is 11.2. The van der Waals surface area contributed by atoms with E-state index in [1.165, 1.54) is 0 Å². The van der Waals surface area contributed by atoms with Crippen LogP contribution in [0.3, 0.4) is 0 Å². The van der Waals surface area contributed by atoms with Crippen LogP contribution in [0.1, 0.15) is 6.42 Å². The molecule has 0 aromatic rings. The Morgan fingerprint density at radius 1 is 1.54 bits per heavy atom. The monoisotopic (exact) mass is 205 g/mol. The summed E-state index contributed by atoms with van der Waals surface area (Å²) >= 11 is 0. The van der Waals surface area contributed by atoms with Crippen molar-refractivity contribution < 1.29 is 23.1 Å². The number of β-lactam (4-membered cyclic amide) rings is 1. The van der Waals surface area contributed by atoms with Crippen LogP contribution in [0.25, 0.3) is 0 Å². The Morgan fingerprint density at radius 2 is 2.15 bits per heavy atom. The fourth-order valence-electron chi connectivity index (χ4n) is 1.68. The number of fused-ring (bicyclic) bond motifs is 1. The van der Waals surface area contributed by atoms with E-state index in [0.29, 0.717) is 0 Å². The summed E-state index contributed by atoms with van der Waals surface area (Å²) in [5, 5.41) is 7.75. The third-order valence-corrected chi connectivity index (χ3v) is 4.38. The molecular formula is C6H7NO5S. The van der Waals surface area contributed by atoms with Gasteiger partial charge >= 0.3 is 5.97 Å². The van der Waals surface area contributed by atoms with Crippen LogP contribution in [0.2, 0.25) is 0 Å². The lowest BCUT2D eigenvalue weighted by Gasteiger charge is -2.34. The zero-order valence-electron chi connectivity index (χ0n) is 6.50. The van der Waals surface area contributed by atoms with E-state index in [0.717, 1.165) is 4.90 Å². The largest absolute Gasteiger partial charge is 0.480 e. The smallest absolute Gasteiger partial charge is 0.327 e. The highest BCUT2D eigenvalue weighted by Crippen LogP contribution is 2.34. The number of nitrogens with zero attached hydrogens (tertiary/aromatic N) is 1. The number of sulfone groups is 1. The highest BCUT2D eigenvalue weighted by atomic mass is 32.2. The van der Waals surface area contributed by atoms with E-state index in [1.807, 2.05) is 0 Å². The minimum Gasteiger partial charge on any atom is -0.480 e. The molecule has 1 amide bonds. The molecule has 72 valence electrons.